The highest BCUT2D eigenvalue weighted by Crippen LogP contribution is 2.32. The maximum absolute atomic E-state index is 12.9. The molecular formula is C10H9ClF2O. The first-order chi connectivity index (χ1) is 6.45. The van der Waals surface area contributed by atoms with Crippen molar-refractivity contribution in [3.8, 4) is 0 Å². The van der Waals surface area contributed by atoms with Gasteiger partial charge in [0, 0.05) is 11.9 Å². The van der Waals surface area contributed by atoms with Gasteiger partial charge >= 0.3 is 0 Å². The highest BCUT2D eigenvalue weighted by molar-refractivity contribution is 6.30. The molecule has 0 saturated carbocycles. The van der Waals surface area contributed by atoms with E-state index in [4.69, 9.17) is 11.6 Å². The van der Waals surface area contributed by atoms with Gasteiger partial charge in [0.05, 0.1) is 0 Å². The van der Waals surface area contributed by atoms with Gasteiger partial charge in [-0.2, -0.15) is 0 Å². The topological polar surface area (TPSA) is 17.1 Å². The monoisotopic (exact) mass is 218 g/mol. The first kappa shape index (κ1) is 11.1. The van der Waals surface area contributed by atoms with Crippen molar-refractivity contribution in [2.45, 2.75) is 18.8 Å². The summed E-state index contributed by atoms with van der Waals surface area (Å²) in [4.78, 5) is 10.5. The Morgan fingerprint density at radius 1 is 1.50 bits per heavy atom. The van der Waals surface area contributed by atoms with Crippen molar-refractivity contribution in [1.29, 1.82) is 0 Å². The standard InChI is InChI=1S/C10H9ClF2O/c1-10(12,13)9(6-14)7-3-2-4-8(11)5-7/h2-6,9H,1H3. The van der Waals surface area contributed by atoms with Crippen LogP contribution in [0, 0.1) is 0 Å². The Bertz CT molecular complexity index is 333. The van der Waals surface area contributed by atoms with Crippen molar-refractivity contribution in [2.75, 3.05) is 0 Å². The largest absolute Gasteiger partial charge is 0.302 e. The Hall–Kier alpha value is -0.960. The zero-order valence-corrected chi connectivity index (χ0v) is 8.26. The summed E-state index contributed by atoms with van der Waals surface area (Å²) in [5.74, 6) is -4.49. The number of carbonyl (C=O) groups excluding carboxylic acids is 1. The fourth-order valence-electron chi connectivity index (χ4n) is 1.19. The molecule has 0 aliphatic carbocycles. The van der Waals surface area contributed by atoms with Crippen molar-refractivity contribution in [3.63, 3.8) is 0 Å². The fourth-order valence-corrected chi connectivity index (χ4v) is 1.39. The van der Waals surface area contributed by atoms with Crippen LogP contribution in [0.25, 0.3) is 0 Å². The summed E-state index contributed by atoms with van der Waals surface area (Å²) in [6.45, 7) is 0.715. The smallest absolute Gasteiger partial charge is 0.258 e. The van der Waals surface area contributed by atoms with Crippen LogP contribution in [0.4, 0.5) is 8.78 Å². The van der Waals surface area contributed by atoms with Crippen molar-refractivity contribution >= 4 is 17.9 Å². The lowest BCUT2D eigenvalue weighted by atomic mass is 9.95. The molecule has 4 heteroatoms. The van der Waals surface area contributed by atoms with Gasteiger partial charge in [0.2, 0.25) is 0 Å². The third kappa shape index (κ3) is 2.51. The van der Waals surface area contributed by atoms with Crippen molar-refractivity contribution in [2.24, 2.45) is 0 Å². The zero-order valence-electron chi connectivity index (χ0n) is 7.51. The second-order valence-electron chi connectivity index (χ2n) is 3.13. The quantitative estimate of drug-likeness (QED) is 0.712. The van der Waals surface area contributed by atoms with Crippen molar-refractivity contribution in [3.05, 3.63) is 34.9 Å². The number of carbonyl (C=O) groups is 1. The van der Waals surface area contributed by atoms with Crippen LogP contribution >= 0.6 is 11.6 Å². The number of hydrogen-bond donors (Lipinski definition) is 0. The SMILES string of the molecule is CC(F)(F)C(C=O)c1cccc(Cl)c1. The number of rotatable bonds is 3. The van der Waals surface area contributed by atoms with E-state index in [9.17, 15) is 13.6 Å². The summed E-state index contributed by atoms with van der Waals surface area (Å²) in [7, 11) is 0. The van der Waals surface area contributed by atoms with Gasteiger partial charge in [-0.05, 0) is 17.7 Å². The van der Waals surface area contributed by atoms with Gasteiger partial charge in [-0.15, -0.1) is 0 Å². The van der Waals surface area contributed by atoms with E-state index in [1.807, 2.05) is 0 Å². The van der Waals surface area contributed by atoms with E-state index in [1.54, 1.807) is 12.1 Å². The van der Waals surface area contributed by atoms with Crippen LogP contribution in [-0.4, -0.2) is 12.2 Å². The van der Waals surface area contributed by atoms with E-state index >= 15 is 0 Å². The van der Waals surface area contributed by atoms with E-state index < -0.39 is 11.8 Å². The molecule has 0 heterocycles. The van der Waals surface area contributed by atoms with E-state index in [-0.39, 0.29) is 11.8 Å². The molecule has 0 aliphatic heterocycles. The van der Waals surface area contributed by atoms with Gasteiger partial charge in [0.15, 0.2) is 0 Å². The predicted octanol–water partition coefficient (Wildman–Crippen LogP) is 3.28. The Morgan fingerprint density at radius 2 is 2.14 bits per heavy atom. The van der Waals surface area contributed by atoms with Gasteiger partial charge in [-0.1, -0.05) is 23.7 Å². The molecule has 0 aliphatic rings. The first-order valence-electron chi connectivity index (χ1n) is 4.03. The average molecular weight is 219 g/mol. The molecule has 1 aromatic rings. The molecule has 0 N–H and O–H groups in total. The minimum absolute atomic E-state index is 0.236. The maximum atomic E-state index is 12.9. The Kier molecular flexibility index (Phi) is 3.21. The summed E-state index contributed by atoms with van der Waals surface area (Å²) >= 11 is 5.64. The molecule has 0 spiro atoms. The molecule has 1 unspecified atom stereocenters. The summed E-state index contributed by atoms with van der Waals surface area (Å²) < 4.78 is 25.9. The molecular weight excluding hydrogens is 210 g/mol. The summed E-state index contributed by atoms with van der Waals surface area (Å²) in [6, 6.07) is 5.95. The number of benzene rings is 1. The molecule has 1 atom stereocenters. The lowest BCUT2D eigenvalue weighted by Gasteiger charge is -2.18. The molecule has 0 bridgehead atoms. The Balaban J connectivity index is 3.07. The number of alkyl halides is 2. The molecule has 76 valence electrons. The van der Waals surface area contributed by atoms with Crippen LogP contribution in [0.5, 0.6) is 0 Å². The van der Waals surface area contributed by atoms with Gasteiger partial charge < -0.3 is 4.79 Å². The summed E-state index contributed by atoms with van der Waals surface area (Å²) in [5.41, 5.74) is 0.236. The average Bonchev–Trinajstić information content (AvgIpc) is 2.02. The van der Waals surface area contributed by atoms with Crippen LogP contribution in [-0.2, 0) is 4.79 Å². The zero-order chi connectivity index (χ0) is 10.8. The Labute approximate surface area is 85.7 Å². The predicted molar refractivity (Wildman–Crippen MR) is 50.9 cm³/mol. The van der Waals surface area contributed by atoms with Crippen molar-refractivity contribution in [1.82, 2.24) is 0 Å². The third-order valence-electron chi connectivity index (χ3n) is 1.89. The fraction of sp³-hybridized carbons (Fsp3) is 0.300. The van der Waals surface area contributed by atoms with Crippen LogP contribution in [0.2, 0.25) is 5.02 Å². The first-order valence-corrected chi connectivity index (χ1v) is 4.41. The van der Waals surface area contributed by atoms with E-state index in [0.717, 1.165) is 0 Å². The van der Waals surface area contributed by atoms with Crippen LogP contribution in [0.1, 0.15) is 18.4 Å². The molecule has 0 fully saturated rings. The molecule has 0 amide bonds. The minimum Gasteiger partial charge on any atom is -0.302 e. The van der Waals surface area contributed by atoms with Gasteiger partial charge in [0.1, 0.15) is 12.2 Å². The van der Waals surface area contributed by atoms with Crippen LogP contribution in [0.3, 0.4) is 0 Å². The minimum atomic E-state index is -3.06. The summed E-state index contributed by atoms with van der Waals surface area (Å²) in [5, 5.41) is 0.346. The molecule has 0 aromatic heterocycles. The number of halogens is 3. The van der Waals surface area contributed by atoms with Gasteiger partial charge in [-0.3, -0.25) is 0 Å². The molecule has 14 heavy (non-hydrogen) atoms. The molecule has 1 aromatic carbocycles. The van der Waals surface area contributed by atoms with Crippen molar-refractivity contribution < 1.29 is 13.6 Å². The van der Waals surface area contributed by atoms with E-state index in [0.29, 0.717) is 11.9 Å². The third-order valence-corrected chi connectivity index (χ3v) is 2.13. The number of aldehydes is 1. The van der Waals surface area contributed by atoms with E-state index in [2.05, 4.69) is 0 Å². The lowest BCUT2D eigenvalue weighted by molar-refractivity contribution is -0.116. The second kappa shape index (κ2) is 4.05. The molecule has 1 nitrogen and oxygen atoms in total. The molecule has 0 saturated heterocycles. The van der Waals surface area contributed by atoms with Gasteiger partial charge in [0.25, 0.3) is 5.92 Å². The second-order valence-corrected chi connectivity index (χ2v) is 3.56. The normalized spacial score (nSPS) is 13.7. The van der Waals surface area contributed by atoms with Crippen LogP contribution in [0.15, 0.2) is 24.3 Å². The molecule has 1 rings (SSSR count). The lowest BCUT2D eigenvalue weighted by Crippen LogP contribution is -2.23. The highest BCUT2D eigenvalue weighted by atomic mass is 35.5. The van der Waals surface area contributed by atoms with E-state index in [1.165, 1.54) is 12.1 Å². The Morgan fingerprint density at radius 3 is 2.57 bits per heavy atom. The number of hydrogen-bond acceptors (Lipinski definition) is 1. The summed E-state index contributed by atoms with van der Waals surface area (Å²) in [6.07, 6.45) is 0.242. The maximum Gasteiger partial charge on any atom is 0.258 e. The molecule has 0 radical (unpaired) electrons. The van der Waals surface area contributed by atoms with Crippen LogP contribution < -0.4 is 0 Å². The van der Waals surface area contributed by atoms with Gasteiger partial charge in [-0.25, -0.2) is 8.78 Å². The highest BCUT2D eigenvalue weighted by Gasteiger charge is 2.35.